The van der Waals surface area contributed by atoms with Gasteiger partial charge in [0, 0.05) is 30.7 Å². The van der Waals surface area contributed by atoms with Crippen LogP contribution in [0.2, 0.25) is 0 Å². The van der Waals surface area contributed by atoms with Crippen molar-refractivity contribution in [1.29, 1.82) is 0 Å². The highest BCUT2D eigenvalue weighted by Crippen LogP contribution is 2.24. The first kappa shape index (κ1) is 15.8. The first-order chi connectivity index (χ1) is 11.1. The van der Waals surface area contributed by atoms with Crippen molar-refractivity contribution in [1.82, 2.24) is 10.2 Å². The zero-order valence-corrected chi connectivity index (χ0v) is 13.9. The van der Waals surface area contributed by atoms with E-state index in [-0.39, 0.29) is 30.1 Å². The Balaban J connectivity index is 1.63. The summed E-state index contributed by atoms with van der Waals surface area (Å²) < 4.78 is 0. The number of nitrogens with one attached hydrogen (secondary N) is 1. The van der Waals surface area contributed by atoms with Gasteiger partial charge in [0.05, 0.1) is 6.04 Å². The monoisotopic (exact) mass is 315 g/mol. The number of hydrogen-bond donors (Lipinski definition) is 1. The van der Waals surface area contributed by atoms with Crippen molar-refractivity contribution in [2.24, 2.45) is 0 Å². The van der Waals surface area contributed by atoms with Gasteiger partial charge in [0.15, 0.2) is 0 Å². The minimum Gasteiger partial charge on any atom is -0.333 e. The maximum Gasteiger partial charge on any atom is 0.318 e. The Morgan fingerprint density at radius 1 is 1.13 bits per heavy atom. The molecule has 0 unspecified atom stereocenters. The van der Waals surface area contributed by atoms with Gasteiger partial charge in [0.1, 0.15) is 0 Å². The van der Waals surface area contributed by atoms with Crippen LogP contribution in [0.15, 0.2) is 30.3 Å². The molecule has 2 heterocycles. The molecule has 0 spiro atoms. The summed E-state index contributed by atoms with van der Waals surface area (Å²) in [5, 5.41) is 3.06. The molecule has 0 saturated carbocycles. The Labute approximate surface area is 137 Å². The molecule has 1 N–H and O–H groups in total. The van der Waals surface area contributed by atoms with E-state index in [4.69, 9.17) is 0 Å². The SMILES string of the molecule is C[C@@H]1CCC[C@@H](C)N1C(=O)N[C@@H]1CC(=O)N(c2ccccc2)C1. The standard InChI is InChI=1S/C18H25N3O2/c1-13-7-6-8-14(2)21(13)18(23)19-15-11-17(22)20(12-15)16-9-4-3-5-10-16/h3-5,9-10,13-15H,6-8,11-12H2,1-2H3,(H,19,23)/t13-,14-,15-/m1/s1. The number of nitrogens with zero attached hydrogens (tertiary/aromatic N) is 2. The number of hydrogen-bond acceptors (Lipinski definition) is 2. The van der Waals surface area contributed by atoms with E-state index >= 15 is 0 Å². The van der Waals surface area contributed by atoms with Gasteiger partial charge in [-0.05, 0) is 45.2 Å². The molecule has 5 heteroatoms. The number of benzene rings is 1. The van der Waals surface area contributed by atoms with E-state index in [1.807, 2.05) is 35.2 Å². The smallest absolute Gasteiger partial charge is 0.318 e. The lowest BCUT2D eigenvalue weighted by Gasteiger charge is -2.39. The second kappa shape index (κ2) is 6.60. The molecule has 0 radical (unpaired) electrons. The Morgan fingerprint density at radius 3 is 2.43 bits per heavy atom. The molecule has 23 heavy (non-hydrogen) atoms. The van der Waals surface area contributed by atoms with E-state index in [1.165, 1.54) is 6.42 Å². The van der Waals surface area contributed by atoms with Crippen LogP contribution in [0.1, 0.15) is 39.5 Å². The predicted octanol–water partition coefficient (Wildman–Crippen LogP) is 2.76. The lowest BCUT2D eigenvalue weighted by molar-refractivity contribution is -0.117. The van der Waals surface area contributed by atoms with Crippen LogP contribution in [0.4, 0.5) is 10.5 Å². The largest absolute Gasteiger partial charge is 0.333 e. The maximum absolute atomic E-state index is 12.6. The minimum atomic E-state index is -0.114. The van der Waals surface area contributed by atoms with E-state index in [9.17, 15) is 9.59 Å². The Kier molecular flexibility index (Phi) is 4.55. The number of carbonyl (C=O) groups excluding carboxylic acids is 2. The molecule has 1 aromatic carbocycles. The normalized spacial score (nSPS) is 28.1. The minimum absolute atomic E-state index is 0.0302. The summed E-state index contributed by atoms with van der Waals surface area (Å²) in [6.07, 6.45) is 3.65. The molecule has 3 atom stereocenters. The van der Waals surface area contributed by atoms with Gasteiger partial charge >= 0.3 is 6.03 Å². The number of carbonyl (C=O) groups is 2. The van der Waals surface area contributed by atoms with Crippen molar-refractivity contribution in [3.8, 4) is 0 Å². The highest BCUT2D eigenvalue weighted by Gasteiger charge is 2.35. The van der Waals surface area contributed by atoms with Crippen LogP contribution in [0.25, 0.3) is 0 Å². The lowest BCUT2D eigenvalue weighted by Crippen LogP contribution is -2.54. The Bertz CT molecular complexity index is 565. The summed E-state index contributed by atoms with van der Waals surface area (Å²) in [6, 6.07) is 10.0. The average molecular weight is 315 g/mol. The maximum atomic E-state index is 12.6. The van der Waals surface area contributed by atoms with Gasteiger partial charge in [0.25, 0.3) is 0 Å². The Morgan fingerprint density at radius 2 is 1.78 bits per heavy atom. The highest BCUT2D eigenvalue weighted by atomic mass is 16.2. The van der Waals surface area contributed by atoms with Crippen molar-refractivity contribution in [3.05, 3.63) is 30.3 Å². The first-order valence-electron chi connectivity index (χ1n) is 8.50. The molecule has 5 nitrogen and oxygen atoms in total. The summed E-state index contributed by atoms with van der Waals surface area (Å²) in [7, 11) is 0. The lowest BCUT2D eigenvalue weighted by atomic mass is 9.98. The van der Waals surface area contributed by atoms with Gasteiger partial charge < -0.3 is 15.1 Å². The summed E-state index contributed by atoms with van der Waals surface area (Å²) in [5.74, 6) is 0.0706. The molecule has 0 bridgehead atoms. The van der Waals surface area contributed by atoms with Crippen LogP contribution >= 0.6 is 0 Å². The van der Waals surface area contributed by atoms with E-state index in [2.05, 4.69) is 19.2 Å². The number of para-hydroxylation sites is 1. The fourth-order valence-corrected chi connectivity index (χ4v) is 3.73. The van der Waals surface area contributed by atoms with E-state index < -0.39 is 0 Å². The van der Waals surface area contributed by atoms with Crippen molar-refractivity contribution < 1.29 is 9.59 Å². The van der Waals surface area contributed by atoms with Gasteiger partial charge in [-0.15, -0.1) is 0 Å². The zero-order chi connectivity index (χ0) is 16.4. The van der Waals surface area contributed by atoms with Crippen molar-refractivity contribution in [2.45, 2.75) is 57.7 Å². The number of rotatable bonds is 2. The fourth-order valence-electron chi connectivity index (χ4n) is 3.73. The predicted molar refractivity (Wildman–Crippen MR) is 90.3 cm³/mol. The summed E-state index contributed by atoms with van der Waals surface area (Å²) in [4.78, 5) is 28.5. The molecular weight excluding hydrogens is 290 g/mol. The number of urea groups is 1. The van der Waals surface area contributed by atoms with Crippen LogP contribution in [0.5, 0.6) is 0 Å². The average Bonchev–Trinajstić information content (AvgIpc) is 2.88. The molecule has 0 aromatic heterocycles. The third-order valence-electron chi connectivity index (χ3n) is 4.95. The first-order valence-corrected chi connectivity index (χ1v) is 8.50. The highest BCUT2D eigenvalue weighted by molar-refractivity contribution is 5.96. The van der Waals surface area contributed by atoms with E-state index in [1.54, 1.807) is 4.90 Å². The van der Waals surface area contributed by atoms with E-state index in [0.29, 0.717) is 13.0 Å². The van der Waals surface area contributed by atoms with Crippen LogP contribution in [-0.2, 0) is 4.79 Å². The van der Waals surface area contributed by atoms with Crippen molar-refractivity contribution >= 4 is 17.6 Å². The number of likely N-dealkylation sites (tertiary alicyclic amines) is 1. The van der Waals surface area contributed by atoms with Gasteiger partial charge in [-0.3, -0.25) is 4.79 Å². The molecule has 2 aliphatic heterocycles. The molecule has 2 fully saturated rings. The summed E-state index contributed by atoms with van der Waals surface area (Å²) in [6.45, 7) is 4.75. The molecule has 124 valence electrons. The Hall–Kier alpha value is -2.04. The van der Waals surface area contributed by atoms with Crippen LogP contribution < -0.4 is 10.2 Å². The number of amides is 3. The fraction of sp³-hybridized carbons (Fsp3) is 0.556. The van der Waals surface area contributed by atoms with Crippen molar-refractivity contribution in [3.63, 3.8) is 0 Å². The zero-order valence-electron chi connectivity index (χ0n) is 13.9. The number of piperidine rings is 1. The number of anilines is 1. The molecular formula is C18H25N3O2. The van der Waals surface area contributed by atoms with Gasteiger partial charge in [-0.2, -0.15) is 0 Å². The summed E-state index contributed by atoms with van der Waals surface area (Å²) in [5.41, 5.74) is 0.897. The second-order valence-corrected chi connectivity index (χ2v) is 6.73. The molecule has 3 amide bonds. The molecule has 2 saturated heterocycles. The van der Waals surface area contributed by atoms with Gasteiger partial charge in [-0.25, -0.2) is 4.79 Å². The topological polar surface area (TPSA) is 52.7 Å². The van der Waals surface area contributed by atoms with Gasteiger partial charge in [0.2, 0.25) is 5.91 Å². The summed E-state index contributed by atoms with van der Waals surface area (Å²) >= 11 is 0. The molecule has 3 rings (SSSR count). The third-order valence-corrected chi connectivity index (χ3v) is 4.95. The third kappa shape index (κ3) is 3.33. The van der Waals surface area contributed by atoms with Crippen LogP contribution in [0, 0.1) is 0 Å². The quantitative estimate of drug-likeness (QED) is 0.912. The van der Waals surface area contributed by atoms with Crippen LogP contribution in [-0.4, -0.2) is 41.5 Å². The molecule has 1 aromatic rings. The molecule has 2 aliphatic rings. The van der Waals surface area contributed by atoms with Gasteiger partial charge in [-0.1, -0.05) is 18.2 Å². The molecule has 0 aliphatic carbocycles. The second-order valence-electron chi connectivity index (χ2n) is 6.73. The van der Waals surface area contributed by atoms with E-state index in [0.717, 1.165) is 18.5 Å². The van der Waals surface area contributed by atoms with Crippen LogP contribution in [0.3, 0.4) is 0 Å². The van der Waals surface area contributed by atoms with Crippen molar-refractivity contribution in [2.75, 3.05) is 11.4 Å².